The van der Waals surface area contributed by atoms with Gasteiger partial charge >= 0.3 is 0 Å². The number of carbonyl (C=O) groups is 2. The smallest absolute Gasteiger partial charge is 0.291 e. The monoisotopic (exact) mass is 396 g/mol. The lowest BCUT2D eigenvalue weighted by Gasteiger charge is -2.18. The van der Waals surface area contributed by atoms with Gasteiger partial charge in [0.25, 0.3) is 5.91 Å². The maximum atomic E-state index is 13.2. The number of hydrogen-bond donors (Lipinski definition) is 2. The first kappa shape index (κ1) is 19.2. The van der Waals surface area contributed by atoms with Gasteiger partial charge in [-0.1, -0.05) is 66.7 Å². The Hall–Kier alpha value is -4.12. The van der Waals surface area contributed by atoms with Gasteiger partial charge in [0, 0.05) is 11.4 Å². The maximum absolute atomic E-state index is 13.2. The van der Waals surface area contributed by atoms with Crippen LogP contribution in [-0.4, -0.2) is 11.8 Å². The van der Waals surface area contributed by atoms with Crippen LogP contribution < -0.4 is 10.6 Å². The Bertz CT molecular complexity index is 1080. The van der Waals surface area contributed by atoms with E-state index >= 15 is 0 Å². The minimum atomic E-state index is -0.450. The number of furan rings is 1. The van der Waals surface area contributed by atoms with Crippen LogP contribution >= 0.6 is 0 Å². The first-order valence-electron chi connectivity index (χ1n) is 9.56. The first-order chi connectivity index (χ1) is 14.7. The molecule has 0 bridgehead atoms. The lowest BCUT2D eigenvalue weighted by atomic mass is 9.90. The van der Waals surface area contributed by atoms with E-state index < -0.39 is 5.92 Å². The molecule has 2 amide bonds. The molecule has 0 aliphatic carbocycles. The SMILES string of the molecule is O=C(Nc1cccc(NC(=O)C(c2ccccc2)c2ccccc2)c1)c1ccco1. The van der Waals surface area contributed by atoms with Gasteiger partial charge in [0.15, 0.2) is 5.76 Å². The molecule has 5 heteroatoms. The summed E-state index contributed by atoms with van der Waals surface area (Å²) in [7, 11) is 0. The van der Waals surface area contributed by atoms with Crippen LogP contribution in [0, 0.1) is 0 Å². The third-order valence-electron chi connectivity index (χ3n) is 4.66. The minimum Gasteiger partial charge on any atom is -0.459 e. The zero-order valence-corrected chi connectivity index (χ0v) is 16.1. The van der Waals surface area contributed by atoms with Crippen molar-refractivity contribution in [1.82, 2.24) is 0 Å². The number of nitrogens with one attached hydrogen (secondary N) is 2. The van der Waals surface area contributed by atoms with E-state index in [-0.39, 0.29) is 17.6 Å². The highest BCUT2D eigenvalue weighted by molar-refractivity contribution is 6.03. The molecule has 0 radical (unpaired) electrons. The summed E-state index contributed by atoms with van der Waals surface area (Å²) >= 11 is 0. The van der Waals surface area contributed by atoms with Crippen molar-refractivity contribution < 1.29 is 14.0 Å². The maximum Gasteiger partial charge on any atom is 0.291 e. The fourth-order valence-electron chi connectivity index (χ4n) is 3.28. The average Bonchev–Trinajstić information content (AvgIpc) is 3.31. The van der Waals surface area contributed by atoms with Crippen molar-refractivity contribution in [1.29, 1.82) is 0 Å². The summed E-state index contributed by atoms with van der Waals surface area (Å²) in [5, 5.41) is 5.74. The molecule has 0 atom stereocenters. The largest absolute Gasteiger partial charge is 0.459 e. The van der Waals surface area contributed by atoms with Gasteiger partial charge < -0.3 is 15.1 Å². The van der Waals surface area contributed by atoms with Crippen LogP contribution in [0.25, 0.3) is 0 Å². The van der Waals surface area contributed by atoms with Gasteiger partial charge in [-0.2, -0.15) is 0 Å². The molecule has 3 aromatic carbocycles. The van der Waals surface area contributed by atoms with Crippen molar-refractivity contribution >= 4 is 23.2 Å². The van der Waals surface area contributed by atoms with Crippen LogP contribution in [0.5, 0.6) is 0 Å². The molecule has 5 nitrogen and oxygen atoms in total. The van der Waals surface area contributed by atoms with E-state index in [1.807, 2.05) is 60.7 Å². The highest BCUT2D eigenvalue weighted by atomic mass is 16.3. The molecule has 4 rings (SSSR count). The third kappa shape index (κ3) is 4.47. The Morgan fingerprint density at radius 3 is 1.83 bits per heavy atom. The topological polar surface area (TPSA) is 71.3 Å². The molecule has 148 valence electrons. The normalized spacial score (nSPS) is 10.6. The van der Waals surface area contributed by atoms with E-state index in [9.17, 15) is 9.59 Å². The van der Waals surface area contributed by atoms with E-state index in [0.717, 1.165) is 11.1 Å². The van der Waals surface area contributed by atoms with Crippen LogP contribution in [0.4, 0.5) is 11.4 Å². The highest BCUT2D eigenvalue weighted by Crippen LogP contribution is 2.27. The molecule has 0 fully saturated rings. The molecule has 0 saturated carbocycles. The molecule has 0 aliphatic heterocycles. The Balaban J connectivity index is 1.55. The van der Waals surface area contributed by atoms with E-state index in [1.54, 1.807) is 36.4 Å². The number of carbonyl (C=O) groups excluding carboxylic acids is 2. The molecule has 30 heavy (non-hydrogen) atoms. The fourth-order valence-corrected chi connectivity index (χ4v) is 3.28. The summed E-state index contributed by atoms with van der Waals surface area (Å²) in [4.78, 5) is 25.4. The molecule has 2 N–H and O–H groups in total. The van der Waals surface area contributed by atoms with Crippen molar-refractivity contribution in [2.75, 3.05) is 10.6 Å². The molecular formula is C25H20N2O3. The van der Waals surface area contributed by atoms with Crippen LogP contribution in [0.15, 0.2) is 108 Å². The van der Waals surface area contributed by atoms with Crippen LogP contribution in [0.1, 0.15) is 27.6 Å². The Morgan fingerprint density at radius 1 is 0.667 bits per heavy atom. The van der Waals surface area contributed by atoms with E-state index in [4.69, 9.17) is 4.42 Å². The summed E-state index contributed by atoms with van der Waals surface area (Å²) in [6.45, 7) is 0. The molecular weight excluding hydrogens is 376 g/mol. The number of benzene rings is 3. The summed E-state index contributed by atoms with van der Waals surface area (Å²) in [6, 6.07) is 29.6. The van der Waals surface area contributed by atoms with Gasteiger partial charge in [-0.05, 0) is 41.5 Å². The van der Waals surface area contributed by atoms with Crippen molar-refractivity contribution in [3.63, 3.8) is 0 Å². The minimum absolute atomic E-state index is 0.151. The number of amides is 2. The summed E-state index contributed by atoms with van der Waals surface area (Å²) < 4.78 is 5.11. The summed E-state index contributed by atoms with van der Waals surface area (Å²) in [5.74, 6) is -0.733. The Labute approximate surface area is 174 Å². The second-order valence-electron chi connectivity index (χ2n) is 6.76. The molecule has 1 aromatic heterocycles. The highest BCUT2D eigenvalue weighted by Gasteiger charge is 2.22. The van der Waals surface area contributed by atoms with Crippen molar-refractivity contribution in [2.24, 2.45) is 0 Å². The van der Waals surface area contributed by atoms with Crippen LogP contribution in [0.2, 0.25) is 0 Å². The van der Waals surface area contributed by atoms with Crippen LogP contribution in [-0.2, 0) is 4.79 Å². The van der Waals surface area contributed by atoms with Crippen molar-refractivity contribution in [3.05, 3.63) is 120 Å². The second kappa shape index (κ2) is 8.92. The van der Waals surface area contributed by atoms with Gasteiger partial charge in [0.1, 0.15) is 0 Å². The third-order valence-corrected chi connectivity index (χ3v) is 4.66. The Morgan fingerprint density at radius 2 is 1.27 bits per heavy atom. The lowest BCUT2D eigenvalue weighted by molar-refractivity contribution is -0.116. The van der Waals surface area contributed by atoms with Gasteiger partial charge in [0.2, 0.25) is 5.91 Å². The summed E-state index contributed by atoms with van der Waals surface area (Å²) in [5.41, 5.74) is 2.96. The summed E-state index contributed by atoms with van der Waals surface area (Å²) in [6.07, 6.45) is 1.44. The second-order valence-corrected chi connectivity index (χ2v) is 6.76. The zero-order valence-electron chi connectivity index (χ0n) is 16.1. The predicted molar refractivity (Wildman–Crippen MR) is 116 cm³/mol. The van der Waals surface area contributed by atoms with Gasteiger partial charge in [-0.25, -0.2) is 0 Å². The van der Waals surface area contributed by atoms with Gasteiger partial charge in [-0.3, -0.25) is 9.59 Å². The van der Waals surface area contributed by atoms with Gasteiger partial charge in [0.05, 0.1) is 12.2 Å². The fraction of sp³-hybridized carbons (Fsp3) is 0.0400. The number of hydrogen-bond acceptors (Lipinski definition) is 3. The van der Waals surface area contributed by atoms with E-state index in [1.165, 1.54) is 6.26 Å². The number of rotatable bonds is 6. The van der Waals surface area contributed by atoms with E-state index in [2.05, 4.69) is 10.6 Å². The van der Waals surface area contributed by atoms with E-state index in [0.29, 0.717) is 11.4 Å². The lowest BCUT2D eigenvalue weighted by Crippen LogP contribution is -2.22. The quantitative estimate of drug-likeness (QED) is 0.464. The Kier molecular flexibility index (Phi) is 5.71. The average molecular weight is 396 g/mol. The van der Waals surface area contributed by atoms with Crippen molar-refractivity contribution in [2.45, 2.75) is 5.92 Å². The molecule has 0 unspecified atom stereocenters. The number of anilines is 2. The predicted octanol–water partition coefficient (Wildman–Crippen LogP) is 5.30. The molecule has 0 aliphatic rings. The van der Waals surface area contributed by atoms with Crippen molar-refractivity contribution in [3.8, 4) is 0 Å². The molecule has 0 spiro atoms. The first-order valence-corrected chi connectivity index (χ1v) is 9.56. The molecule has 4 aromatic rings. The zero-order chi connectivity index (χ0) is 20.8. The van der Waals surface area contributed by atoms with Gasteiger partial charge in [-0.15, -0.1) is 0 Å². The molecule has 0 saturated heterocycles. The standard InChI is InChI=1S/C25H20N2O3/c28-24(22-15-8-16-30-22)26-20-13-7-14-21(17-20)27-25(29)23(18-9-3-1-4-10-18)19-11-5-2-6-12-19/h1-17,23H,(H,26,28)(H,27,29). The van der Waals surface area contributed by atoms with Crippen LogP contribution in [0.3, 0.4) is 0 Å². The molecule has 1 heterocycles.